The lowest BCUT2D eigenvalue weighted by molar-refractivity contribution is 0.828. The SMILES string of the molecule is CCc1ccc(Cn2cc(CN)c3ccc(Cl)cc32)cc1. The Balaban J connectivity index is 2.00. The van der Waals surface area contributed by atoms with Gasteiger partial charge in [-0.15, -0.1) is 0 Å². The number of nitrogens with two attached hydrogens (primary N) is 1. The molecule has 108 valence electrons. The minimum absolute atomic E-state index is 0.542. The molecule has 0 fully saturated rings. The fourth-order valence-corrected chi connectivity index (χ4v) is 2.88. The van der Waals surface area contributed by atoms with Crippen molar-refractivity contribution in [2.45, 2.75) is 26.4 Å². The Hall–Kier alpha value is -1.77. The average molecular weight is 299 g/mol. The monoisotopic (exact) mass is 298 g/mol. The van der Waals surface area contributed by atoms with Gasteiger partial charge in [0.25, 0.3) is 0 Å². The van der Waals surface area contributed by atoms with E-state index in [1.165, 1.54) is 16.5 Å². The van der Waals surface area contributed by atoms with Gasteiger partial charge < -0.3 is 10.3 Å². The van der Waals surface area contributed by atoms with Gasteiger partial charge in [-0.05, 0) is 35.2 Å². The van der Waals surface area contributed by atoms with Gasteiger partial charge in [0.1, 0.15) is 0 Å². The van der Waals surface area contributed by atoms with E-state index in [1.54, 1.807) is 0 Å². The van der Waals surface area contributed by atoms with Crippen molar-refractivity contribution in [3.63, 3.8) is 0 Å². The fraction of sp³-hybridized carbons (Fsp3) is 0.222. The third-order valence-corrected chi connectivity index (χ3v) is 4.17. The van der Waals surface area contributed by atoms with Gasteiger partial charge in [-0.1, -0.05) is 48.9 Å². The summed E-state index contributed by atoms with van der Waals surface area (Å²) in [7, 11) is 0. The molecule has 0 spiro atoms. The zero-order chi connectivity index (χ0) is 14.8. The van der Waals surface area contributed by atoms with E-state index in [9.17, 15) is 0 Å². The van der Waals surface area contributed by atoms with Gasteiger partial charge in [-0.2, -0.15) is 0 Å². The van der Waals surface area contributed by atoms with Gasteiger partial charge in [0.05, 0.1) is 5.52 Å². The molecule has 0 saturated carbocycles. The Morgan fingerprint density at radius 1 is 1.05 bits per heavy atom. The van der Waals surface area contributed by atoms with Crippen LogP contribution in [-0.4, -0.2) is 4.57 Å². The Bertz CT molecular complexity index is 757. The second-order valence-corrected chi connectivity index (χ2v) is 5.75. The predicted octanol–water partition coefficient (Wildman–Crippen LogP) is 4.36. The molecule has 21 heavy (non-hydrogen) atoms. The zero-order valence-electron chi connectivity index (χ0n) is 12.1. The lowest BCUT2D eigenvalue weighted by Gasteiger charge is -2.07. The number of hydrogen-bond donors (Lipinski definition) is 1. The molecular formula is C18H19ClN2. The first-order valence-electron chi connectivity index (χ1n) is 7.26. The van der Waals surface area contributed by atoms with Crippen molar-refractivity contribution in [1.82, 2.24) is 4.57 Å². The van der Waals surface area contributed by atoms with Crippen LogP contribution in [0.4, 0.5) is 0 Å². The van der Waals surface area contributed by atoms with Gasteiger partial charge >= 0.3 is 0 Å². The maximum atomic E-state index is 6.14. The summed E-state index contributed by atoms with van der Waals surface area (Å²) in [5.74, 6) is 0. The van der Waals surface area contributed by atoms with Crippen molar-refractivity contribution in [2.75, 3.05) is 0 Å². The van der Waals surface area contributed by atoms with E-state index < -0.39 is 0 Å². The number of nitrogens with zero attached hydrogens (tertiary/aromatic N) is 1. The fourth-order valence-electron chi connectivity index (χ4n) is 2.71. The number of halogens is 1. The summed E-state index contributed by atoms with van der Waals surface area (Å²) in [6, 6.07) is 14.8. The number of aryl methyl sites for hydroxylation is 1. The van der Waals surface area contributed by atoms with Crippen LogP contribution in [0.5, 0.6) is 0 Å². The van der Waals surface area contributed by atoms with Gasteiger partial charge in [-0.3, -0.25) is 0 Å². The molecule has 2 N–H and O–H groups in total. The topological polar surface area (TPSA) is 30.9 Å². The molecule has 1 heterocycles. The highest BCUT2D eigenvalue weighted by Gasteiger charge is 2.08. The highest BCUT2D eigenvalue weighted by molar-refractivity contribution is 6.31. The smallest absolute Gasteiger partial charge is 0.0501 e. The van der Waals surface area contributed by atoms with E-state index in [1.807, 2.05) is 12.1 Å². The molecule has 0 unspecified atom stereocenters. The molecule has 1 aromatic heterocycles. The molecule has 0 atom stereocenters. The predicted molar refractivity (Wildman–Crippen MR) is 89.8 cm³/mol. The van der Waals surface area contributed by atoms with Crippen molar-refractivity contribution in [3.8, 4) is 0 Å². The molecular weight excluding hydrogens is 280 g/mol. The Morgan fingerprint density at radius 3 is 2.43 bits per heavy atom. The highest BCUT2D eigenvalue weighted by Crippen LogP contribution is 2.25. The summed E-state index contributed by atoms with van der Waals surface area (Å²) in [6.07, 6.45) is 3.20. The minimum Gasteiger partial charge on any atom is -0.343 e. The first-order valence-corrected chi connectivity index (χ1v) is 7.64. The summed E-state index contributed by atoms with van der Waals surface area (Å²) in [5.41, 5.74) is 10.8. The summed E-state index contributed by atoms with van der Waals surface area (Å²) < 4.78 is 2.23. The third-order valence-electron chi connectivity index (χ3n) is 3.93. The molecule has 0 radical (unpaired) electrons. The van der Waals surface area contributed by atoms with Crippen molar-refractivity contribution in [1.29, 1.82) is 0 Å². The van der Waals surface area contributed by atoms with Crippen LogP contribution in [0.2, 0.25) is 5.02 Å². The largest absolute Gasteiger partial charge is 0.343 e. The van der Waals surface area contributed by atoms with Crippen LogP contribution in [0.1, 0.15) is 23.6 Å². The summed E-state index contributed by atoms with van der Waals surface area (Å²) in [5, 5.41) is 1.94. The van der Waals surface area contributed by atoms with Crippen LogP contribution in [0, 0.1) is 0 Å². The van der Waals surface area contributed by atoms with Crippen LogP contribution in [0.25, 0.3) is 10.9 Å². The lowest BCUT2D eigenvalue weighted by atomic mass is 10.1. The molecule has 0 amide bonds. The molecule has 3 heteroatoms. The summed E-state index contributed by atoms with van der Waals surface area (Å²) in [4.78, 5) is 0. The van der Waals surface area contributed by atoms with Gasteiger partial charge in [0, 0.05) is 29.7 Å². The Morgan fingerprint density at radius 2 is 1.76 bits per heavy atom. The molecule has 3 aromatic rings. The van der Waals surface area contributed by atoms with Gasteiger partial charge in [0.15, 0.2) is 0 Å². The minimum atomic E-state index is 0.542. The Labute approximate surface area is 130 Å². The van der Waals surface area contributed by atoms with Crippen molar-refractivity contribution in [3.05, 3.63) is 70.4 Å². The maximum Gasteiger partial charge on any atom is 0.0501 e. The second-order valence-electron chi connectivity index (χ2n) is 5.32. The van der Waals surface area contributed by atoms with Crippen molar-refractivity contribution >= 4 is 22.5 Å². The van der Waals surface area contributed by atoms with E-state index in [0.29, 0.717) is 6.54 Å². The molecule has 0 aliphatic carbocycles. The Kier molecular flexibility index (Phi) is 4.00. The molecule has 0 aliphatic rings. The second kappa shape index (κ2) is 5.92. The number of hydrogen-bond acceptors (Lipinski definition) is 1. The number of rotatable bonds is 4. The molecule has 2 nitrogen and oxygen atoms in total. The molecule has 2 aromatic carbocycles. The molecule has 0 aliphatic heterocycles. The van der Waals surface area contributed by atoms with Crippen LogP contribution < -0.4 is 5.73 Å². The van der Waals surface area contributed by atoms with Crippen LogP contribution in [0.3, 0.4) is 0 Å². The van der Waals surface area contributed by atoms with Crippen LogP contribution in [-0.2, 0) is 19.5 Å². The van der Waals surface area contributed by atoms with Crippen molar-refractivity contribution in [2.24, 2.45) is 5.73 Å². The molecule has 0 bridgehead atoms. The number of aromatic nitrogens is 1. The first-order chi connectivity index (χ1) is 10.2. The quantitative estimate of drug-likeness (QED) is 0.762. The maximum absolute atomic E-state index is 6.14. The first kappa shape index (κ1) is 14.2. The van der Waals surface area contributed by atoms with E-state index in [4.69, 9.17) is 17.3 Å². The van der Waals surface area contributed by atoms with E-state index >= 15 is 0 Å². The summed E-state index contributed by atoms with van der Waals surface area (Å²) in [6.45, 7) is 3.55. The normalized spacial score (nSPS) is 11.2. The standard InChI is InChI=1S/C18H19ClN2/c1-2-13-3-5-14(6-4-13)11-21-12-15(10-20)17-8-7-16(19)9-18(17)21/h3-9,12H,2,10-11,20H2,1H3. The molecule has 3 rings (SSSR count). The van der Waals surface area contributed by atoms with Crippen LogP contribution >= 0.6 is 11.6 Å². The highest BCUT2D eigenvalue weighted by atomic mass is 35.5. The van der Waals surface area contributed by atoms with Gasteiger partial charge in [0.2, 0.25) is 0 Å². The van der Waals surface area contributed by atoms with E-state index in [0.717, 1.165) is 29.1 Å². The van der Waals surface area contributed by atoms with E-state index in [-0.39, 0.29) is 0 Å². The number of benzene rings is 2. The zero-order valence-corrected chi connectivity index (χ0v) is 12.9. The lowest BCUT2D eigenvalue weighted by Crippen LogP contribution is -1.99. The number of fused-ring (bicyclic) bond motifs is 1. The van der Waals surface area contributed by atoms with Gasteiger partial charge in [-0.25, -0.2) is 0 Å². The average Bonchev–Trinajstić information content (AvgIpc) is 2.85. The third kappa shape index (κ3) is 2.82. The summed E-state index contributed by atoms with van der Waals surface area (Å²) >= 11 is 6.14. The van der Waals surface area contributed by atoms with Crippen LogP contribution in [0.15, 0.2) is 48.7 Å². The molecule has 0 saturated heterocycles. The van der Waals surface area contributed by atoms with E-state index in [2.05, 4.69) is 48.0 Å². The van der Waals surface area contributed by atoms with Crippen molar-refractivity contribution < 1.29 is 0 Å².